The maximum absolute atomic E-state index is 12.9. The van der Waals surface area contributed by atoms with Crippen LogP contribution >= 0.6 is 0 Å². The number of hydrogen-bond donors (Lipinski definition) is 1. The Balaban J connectivity index is 2.45. The molecule has 17 heavy (non-hydrogen) atoms. The van der Waals surface area contributed by atoms with Gasteiger partial charge in [0.15, 0.2) is 0 Å². The molecule has 1 unspecified atom stereocenters. The highest BCUT2D eigenvalue weighted by molar-refractivity contribution is 5.69. The smallest absolute Gasteiger partial charge is 0.304 e. The molecule has 2 rings (SSSR count). The molecule has 2 aromatic heterocycles. The molecule has 0 aromatic carbocycles. The van der Waals surface area contributed by atoms with Crippen LogP contribution in [0.1, 0.15) is 17.9 Å². The number of aromatic nitrogens is 2. The van der Waals surface area contributed by atoms with Gasteiger partial charge >= 0.3 is 5.97 Å². The monoisotopic (exact) mass is 240 g/mol. The number of alkyl halides is 2. The Hall–Kier alpha value is -1.98. The summed E-state index contributed by atoms with van der Waals surface area (Å²) in [6.45, 7) is 0. The van der Waals surface area contributed by atoms with Gasteiger partial charge in [-0.25, -0.2) is 13.3 Å². The lowest BCUT2D eigenvalue weighted by atomic mass is 9.97. The number of fused-ring (bicyclic) bond motifs is 1. The number of carboxylic acid groups (broad SMARTS) is 1. The average molecular weight is 240 g/mol. The highest BCUT2D eigenvalue weighted by Gasteiger charge is 2.27. The third kappa shape index (κ3) is 2.25. The third-order valence-electron chi connectivity index (χ3n) is 2.55. The summed E-state index contributed by atoms with van der Waals surface area (Å²) >= 11 is 0. The van der Waals surface area contributed by atoms with Gasteiger partial charge in [-0.3, -0.25) is 4.79 Å². The van der Waals surface area contributed by atoms with Gasteiger partial charge in [0.1, 0.15) is 0 Å². The zero-order valence-corrected chi connectivity index (χ0v) is 8.75. The van der Waals surface area contributed by atoms with Crippen LogP contribution < -0.4 is 0 Å². The standard InChI is InChI=1S/C11H10F2N2O2/c12-11(13)7(5-10(16)17)8-6-14-15-4-2-1-3-9(8)15/h1-4,6-7,11H,5H2,(H,16,17). The van der Waals surface area contributed by atoms with Gasteiger partial charge in [-0.15, -0.1) is 0 Å². The van der Waals surface area contributed by atoms with Crippen molar-refractivity contribution in [2.45, 2.75) is 18.8 Å². The van der Waals surface area contributed by atoms with Crippen molar-refractivity contribution in [3.8, 4) is 0 Å². The minimum Gasteiger partial charge on any atom is -0.481 e. The molecule has 2 heterocycles. The minimum absolute atomic E-state index is 0.267. The molecule has 0 radical (unpaired) electrons. The normalized spacial score (nSPS) is 13.1. The number of carboxylic acids is 1. The topological polar surface area (TPSA) is 54.6 Å². The maximum atomic E-state index is 12.9. The molecule has 1 N–H and O–H groups in total. The SMILES string of the molecule is O=C(O)CC(c1cnn2ccccc12)C(F)F. The molecule has 6 heteroatoms. The molecule has 4 nitrogen and oxygen atoms in total. The van der Waals surface area contributed by atoms with Crippen LogP contribution in [0.15, 0.2) is 30.6 Å². The highest BCUT2D eigenvalue weighted by atomic mass is 19.3. The van der Waals surface area contributed by atoms with E-state index in [4.69, 9.17) is 5.11 Å². The third-order valence-corrected chi connectivity index (χ3v) is 2.55. The van der Waals surface area contributed by atoms with Gasteiger partial charge in [-0.05, 0) is 12.1 Å². The number of pyridine rings is 1. The van der Waals surface area contributed by atoms with E-state index < -0.39 is 24.7 Å². The summed E-state index contributed by atoms with van der Waals surface area (Å²) in [6.07, 6.45) is -0.398. The first kappa shape index (κ1) is 11.5. The second-order valence-corrected chi connectivity index (χ2v) is 3.67. The van der Waals surface area contributed by atoms with Crippen molar-refractivity contribution < 1.29 is 18.7 Å². The Morgan fingerprint density at radius 2 is 2.24 bits per heavy atom. The van der Waals surface area contributed by atoms with Crippen LogP contribution in [0, 0.1) is 0 Å². The van der Waals surface area contributed by atoms with Crippen LogP contribution in [0.25, 0.3) is 5.52 Å². The average Bonchev–Trinajstić information content (AvgIpc) is 2.69. The van der Waals surface area contributed by atoms with E-state index in [2.05, 4.69) is 5.10 Å². The Morgan fingerprint density at radius 1 is 1.47 bits per heavy atom. The van der Waals surface area contributed by atoms with Crippen molar-refractivity contribution in [1.82, 2.24) is 9.61 Å². The van der Waals surface area contributed by atoms with E-state index in [9.17, 15) is 13.6 Å². The van der Waals surface area contributed by atoms with Crippen LogP contribution in [0.4, 0.5) is 8.78 Å². The van der Waals surface area contributed by atoms with Crippen molar-refractivity contribution in [1.29, 1.82) is 0 Å². The fraction of sp³-hybridized carbons (Fsp3) is 0.273. The molecule has 0 saturated heterocycles. The summed E-state index contributed by atoms with van der Waals surface area (Å²) in [5, 5.41) is 12.6. The van der Waals surface area contributed by atoms with E-state index in [0.29, 0.717) is 5.52 Å². The maximum Gasteiger partial charge on any atom is 0.304 e. The van der Waals surface area contributed by atoms with Crippen molar-refractivity contribution in [2.75, 3.05) is 0 Å². The second-order valence-electron chi connectivity index (χ2n) is 3.67. The number of nitrogens with zero attached hydrogens (tertiary/aromatic N) is 2. The quantitative estimate of drug-likeness (QED) is 0.890. The van der Waals surface area contributed by atoms with Gasteiger partial charge in [0.2, 0.25) is 6.43 Å². The van der Waals surface area contributed by atoms with Crippen LogP contribution in [-0.2, 0) is 4.79 Å². The summed E-state index contributed by atoms with van der Waals surface area (Å²) in [5.74, 6) is -2.57. The van der Waals surface area contributed by atoms with Crippen LogP contribution in [0.2, 0.25) is 0 Å². The number of halogens is 2. The molecule has 0 aliphatic carbocycles. The van der Waals surface area contributed by atoms with E-state index in [1.165, 1.54) is 10.7 Å². The molecule has 0 fully saturated rings. The van der Waals surface area contributed by atoms with E-state index in [1.807, 2.05) is 0 Å². The minimum atomic E-state index is -2.72. The molecule has 0 amide bonds. The summed E-state index contributed by atoms with van der Waals surface area (Å²) in [7, 11) is 0. The number of hydrogen-bond acceptors (Lipinski definition) is 2. The Kier molecular flexibility index (Phi) is 3.03. The molecule has 0 aliphatic rings. The molecule has 0 aliphatic heterocycles. The zero-order valence-electron chi connectivity index (χ0n) is 8.75. The van der Waals surface area contributed by atoms with Gasteiger partial charge in [0.05, 0.1) is 24.1 Å². The van der Waals surface area contributed by atoms with Crippen LogP contribution in [0.5, 0.6) is 0 Å². The molecule has 2 aromatic rings. The van der Waals surface area contributed by atoms with Gasteiger partial charge in [0.25, 0.3) is 0 Å². The second kappa shape index (κ2) is 4.48. The predicted octanol–water partition coefficient (Wildman–Crippen LogP) is 2.16. The van der Waals surface area contributed by atoms with Crippen molar-refractivity contribution in [2.24, 2.45) is 0 Å². The summed E-state index contributed by atoms with van der Waals surface area (Å²) in [5.41, 5.74) is 0.780. The molecule has 0 spiro atoms. The van der Waals surface area contributed by atoms with Crippen LogP contribution in [0.3, 0.4) is 0 Å². The van der Waals surface area contributed by atoms with Crippen molar-refractivity contribution in [3.05, 3.63) is 36.2 Å². The van der Waals surface area contributed by atoms with Gasteiger partial charge in [-0.1, -0.05) is 6.07 Å². The zero-order chi connectivity index (χ0) is 12.4. The lowest BCUT2D eigenvalue weighted by molar-refractivity contribution is -0.138. The van der Waals surface area contributed by atoms with Gasteiger partial charge in [0, 0.05) is 11.8 Å². The molecule has 0 bridgehead atoms. The van der Waals surface area contributed by atoms with E-state index in [1.54, 1.807) is 24.4 Å². The Labute approximate surface area is 95.5 Å². The van der Waals surface area contributed by atoms with Gasteiger partial charge < -0.3 is 5.11 Å². The summed E-state index contributed by atoms with van der Waals surface area (Å²) < 4.78 is 27.2. The lowest BCUT2D eigenvalue weighted by Crippen LogP contribution is -2.13. The fourth-order valence-corrected chi connectivity index (χ4v) is 1.76. The van der Waals surface area contributed by atoms with E-state index in [0.717, 1.165) is 0 Å². The molecule has 90 valence electrons. The number of carbonyl (C=O) groups is 1. The van der Waals surface area contributed by atoms with Crippen LogP contribution in [-0.4, -0.2) is 27.1 Å². The lowest BCUT2D eigenvalue weighted by Gasteiger charge is -2.12. The first-order chi connectivity index (χ1) is 8.09. The van der Waals surface area contributed by atoms with E-state index >= 15 is 0 Å². The Morgan fingerprint density at radius 3 is 2.88 bits per heavy atom. The number of rotatable bonds is 4. The predicted molar refractivity (Wildman–Crippen MR) is 56.2 cm³/mol. The summed E-state index contributed by atoms with van der Waals surface area (Å²) in [4.78, 5) is 10.6. The number of aliphatic carboxylic acids is 1. The molecular formula is C11H10F2N2O2. The van der Waals surface area contributed by atoms with Crippen molar-refractivity contribution >= 4 is 11.5 Å². The molecular weight excluding hydrogens is 230 g/mol. The highest BCUT2D eigenvalue weighted by Crippen LogP contribution is 2.29. The molecule has 1 atom stereocenters. The van der Waals surface area contributed by atoms with Gasteiger partial charge in [-0.2, -0.15) is 5.10 Å². The first-order valence-electron chi connectivity index (χ1n) is 5.02. The molecule has 0 saturated carbocycles. The summed E-state index contributed by atoms with van der Waals surface area (Å²) in [6, 6.07) is 5.06. The fourth-order valence-electron chi connectivity index (χ4n) is 1.76. The Bertz CT molecular complexity index is 539. The van der Waals surface area contributed by atoms with E-state index in [-0.39, 0.29) is 5.56 Å². The largest absolute Gasteiger partial charge is 0.481 e. The first-order valence-corrected chi connectivity index (χ1v) is 5.02. The van der Waals surface area contributed by atoms with Crippen molar-refractivity contribution in [3.63, 3.8) is 0 Å².